The van der Waals surface area contributed by atoms with Gasteiger partial charge in [-0.2, -0.15) is 5.26 Å². The Balaban J connectivity index is 2.25. The van der Waals surface area contributed by atoms with Gasteiger partial charge in [0.05, 0.1) is 11.6 Å². The van der Waals surface area contributed by atoms with Crippen molar-refractivity contribution in [1.82, 2.24) is 0 Å². The van der Waals surface area contributed by atoms with Crippen molar-refractivity contribution in [3.8, 4) is 6.07 Å². The van der Waals surface area contributed by atoms with E-state index in [4.69, 9.17) is 5.26 Å². The van der Waals surface area contributed by atoms with Crippen molar-refractivity contribution in [3.05, 3.63) is 29.8 Å². The van der Waals surface area contributed by atoms with Crippen molar-refractivity contribution >= 4 is 5.69 Å². The molecule has 1 heterocycles. The Morgan fingerprint density at radius 2 is 2.28 bits per heavy atom. The zero-order valence-electron chi connectivity index (χ0n) is 11.1. The zero-order chi connectivity index (χ0) is 13.2. The highest BCUT2D eigenvalue weighted by atomic mass is 16.3. The maximum Gasteiger partial charge on any atom is 0.0992 e. The summed E-state index contributed by atoms with van der Waals surface area (Å²) < 4.78 is 0. The first-order valence-electron chi connectivity index (χ1n) is 6.45. The summed E-state index contributed by atoms with van der Waals surface area (Å²) >= 11 is 0. The highest BCUT2D eigenvalue weighted by molar-refractivity contribution is 5.53. The van der Waals surface area contributed by atoms with E-state index in [-0.39, 0.29) is 12.1 Å². The van der Waals surface area contributed by atoms with E-state index in [9.17, 15) is 5.11 Å². The maximum absolute atomic E-state index is 9.30. The minimum Gasteiger partial charge on any atom is -0.396 e. The second-order valence-corrected chi connectivity index (χ2v) is 5.67. The summed E-state index contributed by atoms with van der Waals surface area (Å²) in [6.45, 7) is 5.62. The molecule has 0 spiro atoms. The van der Waals surface area contributed by atoms with E-state index in [2.05, 4.69) is 30.9 Å². The standard InChI is InChI=1S/C15H20N2O/c1-15(2)9-13(11-18)6-7-17(15)14-5-3-4-12(8-14)10-16/h3-5,8,13,18H,6-7,9,11H2,1-2H3. The molecule has 0 saturated carbocycles. The lowest BCUT2D eigenvalue weighted by Gasteiger charge is -2.47. The lowest BCUT2D eigenvalue weighted by atomic mass is 9.82. The largest absolute Gasteiger partial charge is 0.396 e. The molecule has 1 fully saturated rings. The molecule has 1 atom stereocenters. The minimum atomic E-state index is 0.0275. The smallest absolute Gasteiger partial charge is 0.0992 e. The fraction of sp³-hybridized carbons (Fsp3) is 0.533. The van der Waals surface area contributed by atoms with Crippen molar-refractivity contribution in [2.24, 2.45) is 5.92 Å². The molecule has 1 aromatic rings. The Labute approximate surface area is 109 Å². The molecule has 0 aliphatic carbocycles. The van der Waals surface area contributed by atoms with Crippen LogP contribution in [0.15, 0.2) is 24.3 Å². The number of aliphatic hydroxyl groups is 1. The monoisotopic (exact) mass is 244 g/mol. The van der Waals surface area contributed by atoms with Gasteiger partial charge >= 0.3 is 0 Å². The number of piperidine rings is 1. The first-order chi connectivity index (χ1) is 8.56. The van der Waals surface area contributed by atoms with Crippen LogP contribution in [0, 0.1) is 17.2 Å². The van der Waals surface area contributed by atoms with E-state index in [0.29, 0.717) is 11.5 Å². The third-order valence-electron chi connectivity index (χ3n) is 3.82. The van der Waals surface area contributed by atoms with Gasteiger partial charge < -0.3 is 10.0 Å². The van der Waals surface area contributed by atoms with Crippen LogP contribution in [0.4, 0.5) is 5.69 Å². The number of nitriles is 1. The molecule has 0 aromatic heterocycles. The molecule has 1 saturated heterocycles. The summed E-state index contributed by atoms with van der Waals surface area (Å²) in [5.41, 5.74) is 1.84. The van der Waals surface area contributed by atoms with Gasteiger partial charge in [0.15, 0.2) is 0 Å². The Hall–Kier alpha value is -1.53. The van der Waals surface area contributed by atoms with Gasteiger partial charge in [-0.3, -0.25) is 0 Å². The number of anilines is 1. The molecule has 3 heteroatoms. The van der Waals surface area contributed by atoms with Crippen molar-refractivity contribution in [2.75, 3.05) is 18.1 Å². The van der Waals surface area contributed by atoms with Crippen molar-refractivity contribution in [2.45, 2.75) is 32.2 Å². The quantitative estimate of drug-likeness (QED) is 0.869. The predicted molar refractivity (Wildman–Crippen MR) is 72.4 cm³/mol. The van der Waals surface area contributed by atoms with Gasteiger partial charge in [-0.05, 0) is 50.8 Å². The predicted octanol–water partition coefficient (Wildman–Crippen LogP) is 2.55. The second kappa shape index (κ2) is 4.99. The van der Waals surface area contributed by atoms with Crippen LogP contribution in [0.25, 0.3) is 0 Å². The summed E-state index contributed by atoms with van der Waals surface area (Å²) in [5.74, 6) is 0.399. The lowest BCUT2D eigenvalue weighted by Crippen LogP contribution is -2.50. The molecule has 0 amide bonds. The fourth-order valence-electron chi connectivity index (χ4n) is 2.91. The van der Waals surface area contributed by atoms with E-state index < -0.39 is 0 Å². The molecule has 3 nitrogen and oxygen atoms in total. The molecule has 1 unspecified atom stereocenters. The van der Waals surface area contributed by atoms with Gasteiger partial charge in [-0.1, -0.05) is 6.07 Å². The normalized spacial score (nSPS) is 22.6. The number of rotatable bonds is 2. The van der Waals surface area contributed by atoms with Crippen molar-refractivity contribution in [1.29, 1.82) is 5.26 Å². The number of hydrogen-bond acceptors (Lipinski definition) is 3. The zero-order valence-corrected chi connectivity index (χ0v) is 11.1. The van der Waals surface area contributed by atoms with Crippen LogP contribution in [0.2, 0.25) is 0 Å². The molecule has 2 rings (SSSR count). The average molecular weight is 244 g/mol. The molecule has 96 valence electrons. The van der Waals surface area contributed by atoms with Gasteiger partial charge in [-0.25, -0.2) is 0 Å². The Morgan fingerprint density at radius 1 is 1.50 bits per heavy atom. The fourth-order valence-corrected chi connectivity index (χ4v) is 2.91. The molecular formula is C15H20N2O. The summed E-state index contributed by atoms with van der Waals surface area (Å²) in [7, 11) is 0. The van der Waals surface area contributed by atoms with Crippen LogP contribution < -0.4 is 4.90 Å². The lowest BCUT2D eigenvalue weighted by molar-refractivity contribution is 0.166. The van der Waals surface area contributed by atoms with Crippen LogP contribution in [0.3, 0.4) is 0 Å². The molecular weight excluding hydrogens is 224 g/mol. The number of aliphatic hydroxyl groups excluding tert-OH is 1. The van der Waals surface area contributed by atoms with E-state index in [1.54, 1.807) is 0 Å². The van der Waals surface area contributed by atoms with Gasteiger partial charge in [0.2, 0.25) is 0 Å². The third-order valence-corrected chi connectivity index (χ3v) is 3.82. The molecule has 1 aliphatic heterocycles. The molecule has 1 N–H and O–H groups in total. The Kier molecular flexibility index (Phi) is 3.58. The van der Waals surface area contributed by atoms with Gasteiger partial charge in [0.25, 0.3) is 0 Å². The highest BCUT2D eigenvalue weighted by Gasteiger charge is 2.34. The SMILES string of the molecule is CC1(C)CC(CO)CCN1c1cccc(C#N)c1. The van der Waals surface area contributed by atoms with E-state index in [1.807, 2.05) is 18.2 Å². The number of benzene rings is 1. The van der Waals surface area contributed by atoms with Crippen LogP contribution in [0.1, 0.15) is 32.3 Å². The van der Waals surface area contributed by atoms with E-state index in [0.717, 1.165) is 25.1 Å². The second-order valence-electron chi connectivity index (χ2n) is 5.67. The number of nitrogens with zero attached hydrogens (tertiary/aromatic N) is 2. The Morgan fingerprint density at radius 3 is 2.89 bits per heavy atom. The van der Waals surface area contributed by atoms with Crippen LogP contribution in [0.5, 0.6) is 0 Å². The average Bonchev–Trinajstić information content (AvgIpc) is 2.37. The first kappa shape index (κ1) is 12.9. The van der Waals surface area contributed by atoms with Crippen molar-refractivity contribution in [3.63, 3.8) is 0 Å². The van der Waals surface area contributed by atoms with Gasteiger partial charge in [0, 0.05) is 24.4 Å². The van der Waals surface area contributed by atoms with Crippen LogP contribution in [-0.2, 0) is 0 Å². The molecule has 18 heavy (non-hydrogen) atoms. The molecule has 0 radical (unpaired) electrons. The molecule has 0 bridgehead atoms. The number of hydrogen-bond donors (Lipinski definition) is 1. The van der Waals surface area contributed by atoms with Gasteiger partial charge in [-0.15, -0.1) is 0 Å². The maximum atomic E-state index is 9.30. The van der Waals surface area contributed by atoms with Crippen LogP contribution in [-0.4, -0.2) is 23.8 Å². The summed E-state index contributed by atoms with van der Waals surface area (Å²) in [4.78, 5) is 2.35. The minimum absolute atomic E-state index is 0.0275. The molecule has 1 aliphatic rings. The summed E-state index contributed by atoms with van der Waals surface area (Å²) in [5, 5.41) is 18.3. The van der Waals surface area contributed by atoms with Crippen molar-refractivity contribution < 1.29 is 5.11 Å². The topological polar surface area (TPSA) is 47.3 Å². The highest BCUT2D eigenvalue weighted by Crippen LogP contribution is 2.35. The van der Waals surface area contributed by atoms with E-state index >= 15 is 0 Å². The third kappa shape index (κ3) is 2.49. The van der Waals surface area contributed by atoms with Gasteiger partial charge in [0.1, 0.15) is 0 Å². The molecule has 1 aromatic carbocycles. The first-order valence-corrected chi connectivity index (χ1v) is 6.45. The van der Waals surface area contributed by atoms with E-state index in [1.165, 1.54) is 0 Å². The summed E-state index contributed by atoms with van der Waals surface area (Å²) in [6, 6.07) is 9.95. The van der Waals surface area contributed by atoms with Crippen LogP contribution >= 0.6 is 0 Å². The summed E-state index contributed by atoms with van der Waals surface area (Å²) in [6.07, 6.45) is 2.00. The Bertz CT molecular complexity index is 462.